The first-order valence-electron chi connectivity index (χ1n) is 9.83. The maximum atomic E-state index is 13.0. The maximum absolute atomic E-state index is 13.0. The molecule has 2 heterocycles. The quantitative estimate of drug-likeness (QED) is 0.619. The van der Waals surface area contributed by atoms with E-state index in [1.165, 1.54) is 12.1 Å². The molecule has 2 N–H and O–H groups in total. The van der Waals surface area contributed by atoms with E-state index in [0.29, 0.717) is 49.7 Å². The van der Waals surface area contributed by atoms with Crippen molar-refractivity contribution in [2.75, 3.05) is 26.2 Å². The van der Waals surface area contributed by atoms with Crippen molar-refractivity contribution in [2.45, 2.75) is 44.6 Å². The zero-order chi connectivity index (χ0) is 19.8. The number of nitrogens with zero attached hydrogens (tertiary/aromatic N) is 3. The third-order valence-corrected chi connectivity index (χ3v) is 4.85. The molecule has 0 aliphatic carbocycles. The van der Waals surface area contributed by atoms with Gasteiger partial charge in [-0.3, -0.25) is 4.79 Å². The summed E-state index contributed by atoms with van der Waals surface area (Å²) in [5.41, 5.74) is 6.17. The average Bonchev–Trinajstić information content (AvgIpc) is 3.18. The lowest BCUT2D eigenvalue weighted by atomic mass is 10.1. The van der Waals surface area contributed by atoms with Gasteiger partial charge in [0.1, 0.15) is 5.82 Å². The topological polar surface area (TPSA) is 94.5 Å². The van der Waals surface area contributed by atoms with Gasteiger partial charge in [0.25, 0.3) is 0 Å². The number of carbonyl (C=O) groups is 1. The van der Waals surface area contributed by atoms with Crippen LogP contribution in [0.4, 0.5) is 4.39 Å². The molecule has 1 aliphatic heterocycles. The van der Waals surface area contributed by atoms with Crippen molar-refractivity contribution in [3.05, 3.63) is 36.0 Å². The molecule has 0 saturated carbocycles. The minimum atomic E-state index is -0.308. The van der Waals surface area contributed by atoms with Crippen LogP contribution in [0.3, 0.4) is 0 Å². The Morgan fingerprint density at radius 2 is 1.97 bits per heavy atom. The molecule has 160 valence electrons. The lowest BCUT2D eigenvalue weighted by molar-refractivity contribution is -0.133. The van der Waals surface area contributed by atoms with E-state index in [0.717, 1.165) is 32.4 Å². The lowest BCUT2D eigenvalue weighted by Gasteiger charge is -2.32. The molecule has 0 bridgehead atoms. The Kier molecular flexibility index (Phi) is 9.50. The second-order valence-electron chi connectivity index (χ2n) is 6.97. The number of hydrogen-bond acceptors (Lipinski definition) is 6. The number of rotatable bonds is 9. The number of halogens is 2. The van der Waals surface area contributed by atoms with Gasteiger partial charge in [-0.2, -0.15) is 4.98 Å². The first kappa shape index (κ1) is 23.3. The Morgan fingerprint density at radius 1 is 1.24 bits per heavy atom. The van der Waals surface area contributed by atoms with Crippen LogP contribution in [0.25, 0.3) is 11.4 Å². The van der Waals surface area contributed by atoms with E-state index in [-0.39, 0.29) is 30.2 Å². The third kappa shape index (κ3) is 7.06. The maximum Gasteiger partial charge on any atom is 0.226 e. The van der Waals surface area contributed by atoms with E-state index >= 15 is 0 Å². The molecule has 2 aromatic rings. The predicted octanol–water partition coefficient (Wildman–Crippen LogP) is 2.98. The molecule has 1 aromatic carbocycles. The van der Waals surface area contributed by atoms with Gasteiger partial charge < -0.3 is 19.9 Å². The summed E-state index contributed by atoms with van der Waals surface area (Å²) < 4.78 is 24.0. The molecule has 9 heteroatoms. The van der Waals surface area contributed by atoms with Crippen molar-refractivity contribution in [3.63, 3.8) is 0 Å². The number of likely N-dealkylation sites (tertiary alicyclic amines) is 1. The second-order valence-corrected chi connectivity index (χ2v) is 6.97. The first-order chi connectivity index (χ1) is 13.7. The minimum Gasteiger partial charge on any atom is -0.378 e. The monoisotopic (exact) mass is 426 g/mol. The molecule has 1 amide bonds. The zero-order valence-electron chi connectivity index (χ0n) is 16.4. The summed E-state index contributed by atoms with van der Waals surface area (Å²) in [6.45, 7) is 2.81. The first-order valence-corrected chi connectivity index (χ1v) is 9.83. The fraction of sp³-hybridized carbons (Fsp3) is 0.550. The molecule has 0 unspecified atom stereocenters. The van der Waals surface area contributed by atoms with Gasteiger partial charge in [-0.25, -0.2) is 4.39 Å². The average molecular weight is 427 g/mol. The highest BCUT2D eigenvalue weighted by atomic mass is 35.5. The minimum absolute atomic E-state index is 0. The molecular formula is C20H28ClFN4O3. The summed E-state index contributed by atoms with van der Waals surface area (Å²) in [6.07, 6.45) is 4.50. The van der Waals surface area contributed by atoms with Gasteiger partial charge in [-0.05, 0) is 56.5 Å². The number of carbonyl (C=O) groups excluding carboxylic acids is 1. The number of nitrogens with two attached hydrogens (primary N) is 1. The molecule has 3 rings (SSSR count). The molecule has 7 nitrogen and oxygen atoms in total. The van der Waals surface area contributed by atoms with Crippen LogP contribution in [0.1, 0.15) is 38.0 Å². The van der Waals surface area contributed by atoms with Crippen LogP contribution in [0, 0.1) is 5.82 Å². The third-order valence-electron chi connectivity index (χ3n) is 4.85. The smallest absolute Gasteiger partial charge is 0.226 e. The number of piperidine rings is 1. The van der Waals surface area contributed by atoms with Crippen molar-refractivity contribution >= 4 is 18.3 Å². The SMILES string of the molecule is Cl.NCCCOC1CCN(C(=O)CCCc2nc(-c3ccc(F)cc3)no2)CC1. The van der Waals surface area contributed by atoms with Crippen LogP contribution in [0.5, 0.6) is 0 Å². The number of hydrogen-bond donors (Lipinski definition) is 1. The van der Waals surface area contributed by atoms with Gasteiger partial charge in [0.15, 0.2) is 0 Å². The van der Waals surface area contributed by atoms with Gasteiger partial charge >= 0.3 is 0 Å². The van der Waals surface area contributed by atoms with Crippen molar-refractivity contribution < 1.29 is 18.4 Å². The van der Waals surface area contributed by atoms with Crippen LogP contribution in [0.2, 0.25) is 0 Å². The number of ether oxygens (including phenoxy) is 1. The molecule has 1 aliphatic rings. The molecule has 0 radical (unpaired) electrons. The van der Waals surface area contributed by atoms with Crippen LogP contribution >= 0.6 is 12.4 Å². The van der Waals surface area contributed by atoms with E-state index < -0.39 is 0 Å². The number of benzene rings is 1. The lowest BCUT2D eigenvalue weighted by Crippen LogP contribution is -2.41. The Hall–Kier alpha value is -2.03. The van der Waals surface area contributed by atoms with Gasteiger partial charge in [-0.1, -0.05) is 5.16 Å². The highest BCUT2D eigenvalue weighted by Crippen LogP contribution is 2.18. The van der Waals surface area contributed by atoms with E-state index in [1.807, 2.05) is 4.90 Å². The molecule has 1 fully saturated rings. The largest absolute Gasteiger partial charge is 0.378 e. The Bertz CT molecular complexity index is 748. The van der Waals surface area contributed by atoms with Crippen molar-refractivity contribution in [2.24, 2.45) is 5.73 Å². The number of amides is 1. The van der Waals surface area contributed by atoms with E-state index in [4.69, 9.17) is 15.0 Å². The molecule has 1 saturated heterocycles. The van der Waals surface area contributed by atoms with Crippen molar-refractivity contribution in [3.8, 4) is 11.4 Å². The highest BCUT2D eigenvalue weighted by molar-refractivity contribution is 5.85. The molecular weight excluding hydrogens is 399 g/mol. The summed E-state index contributed by atoms with van der Waals surface area (Å²) in [7, 11) is 0. The van der Waals surface area contributed by atoms with E-state index in [9.17, 15) is 9.18 Å². The van der Waals surface area contributed by atoms with Crippen molar-refractivity contribution in [1.82, 2.24) is 15.0 Å². The van der Waals surface area contributed by atoms with Crippen LogP contribution in [-0.4, -0.2) is 53.3 Å². The Labute approximate surface area is 176 Å². The molecule has 0 atom stereocenters. The summed E-state index contributed by atoms with van der Waals surface area (Å²) >= 11 is 0. The summed E-state index contributed by atoms with van der Waals surface area (Å²) in [6, 6.07) is 5.93. The number of aryl methyl sites for hydroxylation is 1. The molecule has 0 spiro atoms. The van der Waals surface area contributed by atoms with Gasteiger partial charge in [0, 0.05) is 38.1 Å². The van der Waals surface area contributed by atoms with Gasteiger partial charge in [0.2, 0.25) is 17.6 Å². The normalized spacial score (nSPS) is 14.6. The second kappa shape index (κ2) is 11.8. The fourth-order valence-corrected chi connectivity index (χ4v) is 3.23. The fourth-order valence-electron chi connectivity index (χ4n) is 3.23. The van der Waals surface area contributed by atoms with Crippen LogP contribution < -0.4 is 5.73 Å². The summed E-state index contributed by atoms with van der Waals surface area (Å²) in [5.74, 6) is 0.757. The van der Waals surface area contributed by atoms with Gasteiger partial charge in [0.05, 0.1) is 6.10 Å². The molecule has 1 aromatic heterocycles. The number of aromatic nitrogens is 2. The summed E-state index contributed by atoms with van der Waals surface area (Å²) in [4.78, 5) is 18.6. The van der Waals surface area contributed by atoms with Gasteiger partial charge in [-0.15, -0.1) is 12.4 Å². The standard InChI is InChI=1S/C20H27FN4O3.ClH/c21-16-7-5-15(6-8-16)20-23-18(28-24-20)3-1-4-19(26)25-12-9-17(10-13-25)27-14-2-11-22;/h5-8,17H,1-4,9-14,22H2;1H. The highest BCUT2D eigenvalue weighted by Gasteiger charge is 2.23. The molecule has 29 heavy (non-hydrogen) atoms. The Balaban J connectivity index is 0.00000300. The Morgan fingerprint density at radius 3 is 2.66 bits per heavy atom. The van der Waals surface area contributed by atoms with Crippen LogP contribution in [-0.2, 0) is 16.0 Å². The predicted molar refractivity (Wildman–Crippen MR) is 109 cm³/mol. The van der Waals surface area contributed by atoms with Crippen LogP contribution in [0.15, 0.2) is 28.8 Å². The summed E-state index contributed by atoms with van der Waals surface area (Å²) in [5, 5.41) is 3.92. The van der Waals surface area contributed by atoms with E-state index in [1.54, 1.807) is 12.1 Å². The zero-order valence-corrected chi connectivity index (χ0v) is 17.2. The van der Waals surface area contributed by atoms with Crippen molar-refractivity contribution in [1.29, 1.82) is 0 Å². The van der Waals surface area contributed by atoms with E-state index in [2.05, 4.69) is 10.1 Å².